The van der Waals surface area contributed by atoms with Crippen molar-refractivity contribution in [3.63, 3.8) is 0 Å². The van der Waals surface area contributed by atoms with Crippen LogP contribution in [0.25, 0.3) is 0 Å². The molecule has 1 aliphatic heterocycles. The van der Waals surface area contributed by atoms with Crippen molar-refractivity contribution in [1.29, 1.82) is 0 Å². The molecule has 1 rings (SSSR count). The standard InChI is InChI=1S/C13H26N4O2/c1-4-5-10(12(14)16-19)13(18)15-11-6-7-17(3)8-9(11)2/h9-11,19H,4-8H2,1-3H3,(H2,14,16)(H,15,18). The van der Waals surface area contributed by atoms with Gasteiger partial charge >= 0.3 is 0 Å². The summed E-state index contributed by atoms with van der Waals surface area (Å²) in [7, 11) is 2.09. The van der Waals surface area contributed by atoms with Gasteiger partial charge in [0.1, 0.15) is 0 Å². The molecule has 1 saturated heterocycles. The second-order valence-corrected chi connectivity index (χ2v) is 5.51. The average Bonchev–Trinajstić information content (AvgIpc) is 2.38. The van der Waals surface area contributed by atoms with Gasteiger partial charge in [-0.2, -0.15) is 0 Å². The number of nitrogens with zero attached hydrogens (tertiary/aromatic N) is 2. The van der Waals surface area contributed by atoms with Crippen molar-refractivity contribution in [3.05, 3.63) is 0 Å². The number of oxime groups is 1. The molecule has 1 aliphatic rings. The van der Waals surface area contributed by atoms with Crippen LogP contribution in [-0.2, 0) is 4.79 Å². The van der Waals surface area contributed by atoms with Crippen molar-refractivity contribution in [3.8, 4) is 0 Å². The van der Waals surface area contributed by atoms with Gasteiger partial charge < -0.3 is 21.2 Å². The Balaban J connectivity index is 2.61. The highest BCUT2D eigenvalue weighted by Gasteiger charge is 2.29. The molecule has 3 atom stereocenters. The number of rotatable bonds is 5. The van der Waals surface area contributed by atoms with E-state index in [1.807, 2.05) is 6.92 Å². The molecule has 0 bridgehead atoms. The zero-order valence-corrected chi connectivity index (χ0v) is 12.1. The molecule has 4 N–H and O–H groups in total. The Kier molecular flexibility index (Phi) is 6.08. The highest BCUT2D eigenvalue weighted by molar-refractivity contribution is 6.02. The molecule has 0 aromatic heterocycles. The first-order valence-electron chi connectivity index (χ1n) is 6.95. The Morgan fingerprint density at radius 2 is 2.32 bits per heavy atom. The van der Waals surface area contributed by atoms with Crippen LogP contribution in [0.1, 0.15) is 33.1 Å². The summed E-state index contributed by atoms with van der Waals surface area (Å²) in [6, 6.07) is 0.176. The zero-order valence-electron chi connectivity index (χ0n) is 12.1. The van der Waals surface area contributed by atoms with Crippen molar-refractivity contribution in [2.75, 3.05) is 20.1 Å². The molecule has 110 valence electrons. The lowest BCUT2D eigenvalue weighted by Gasteiger charge is -2.35. The van der Waals surface area contributed by atoms with E-state index in [1.54, 1.807) is 0 Å². The fourth-order valence-electron chi connectivity index (χ4n) is 2.62. The molecule has 0 radical (unpaired) electrons. The molecule has 0 aromatic rings. The van der Waals surface area contributed by atoms with E-state index < -0.39 is 5.92 Å². The van der Waals surface area contributed by atoms with E-state index in [4.69, 9.17) is 10.9 Å². The SMILES string of the molecule is CCCC(C(=O)NC1CCN(C)CC1C)C(N)=NO. The van der Waals surface area contributed by atoms with Crippen LogP contribution < -0.4 is 11.1 Å². The minimum Gasteiger partial charge on any atom is -0.409 e. The number of nitrogens with one attached hydrogen (secondary N) is 1. The van der Waals surface area contributed by atoms with Gasteiger partial charge in [0, 0.05) is 12.6 Å². The predicted molar refractivity (Wildman–Crippen MR) is 75.0 cm³/mol. The lowest BCUT2D eigenvalue weighted by atomic mass is 9.92. The summed E-state index contributed by atoms with van der Waals surface area (Å²) in [5.74, 6) is -0.238. The molecule has 0 aliphatic carbocycles. The highest BCUT2D eigenvalue weighted by Crippen LogP contribution is 2.17. The number of nitrogens with two attached hydrogens (primary N) is 1. The maximum atomic E-state index is 12.2. The van der Waals surface area contributed by atoms with Gasteiger partial charge in [-0.1, -0.05) is 25.4 Å². The quantitative estimate of drug-likeness (QED) is 0.295. The first-order chi connectivity index (χ1) is 8.99. The van der Waals surface area contributed by atoms with E-state index in [1.165, 1.54) is 0 Å². The number of amides is 1. The topological polar surface area (TPSA) is 91.0 Å². The maximum absolute atomic E-state index is 12.2. The smallest absolute Gasteiger partial charge is 0.231 e. The Bertz CT molecular complexity index is 333. The summed E-state index contributed by atoms with van der Waals surface area (Å²) >= 11 is 0. The van der Waals surface area contributed by atoms with Gasteiger partial charge in [0.25, 0.3) is 0 Å². The van der Waals surface area contributed by atoms with E-state index in [0.717, 1.165) is 25.9 Å². The molecule has 6 heteroatoms. The van der Waals surface area contributed by atoms with Crippen LogP contribution in [0.15, 0.2) is 5.16 Å². The third kappa shape index (κ3) is 4.38. The van der Waals surface area contributed by atoms with E-state index in [0.29, 0.717) is 12.3 Å². The van der Waals surface area contributed by atoms with Crippen molar-refractivity contribution < 1.29 is 10.0 Å². The lowest BCUT2D eigenvalue weighted by molar-refractivity contribution is -0.124. The molecule has 0 spiro atoms. The average molecular weight is 270 g/mol. The minimum absolute atomic E-state index is 0.0000643. The molecular weight excluding hydrogens is 244 g/mol. The van der Waals surface area contributed by atoms with E-state index in [9.17, 15) is 4.79 Å². The Hall–Kier alpha value is -1.30. The van der Waals surface area contributed by atoms with E-state index in [2.05, 4.69) is 29.3 Å². The second-order valence-electron chi connectivity index (χ2n) is 5.51. The third-order valence-electron chi connectivity index (χ3n) is 3.80. The first-order valence-corrected chi connectivity index (χ1v) is 6.95. The zero-order chi connectivity index (χ0) is 14.4. The van der Waals surface area contributed by atoms with Crippen LogP contribution in [0.2, 0.25) is 0 Å². The highest BCUT2D eigenvalue weighted by atomic mass is 16.4. The van der Waals surface area contributed by atoms with Crippen LogP contribution in [0.5, 0.6) is 0 Å². The van der Waals surface area contributed by atoms with Gasteiger partial charge in [-0.3, -0.25) is 4.79 Å². The second kappa shape index (κ2) is 7.33. The molecule has 19 heavy (non-hydrogen) atoms. The number of hydrogen-bond donors (Lipinski definition) is 3. The molecule has 3 unspecified atom stereocenters. The molecule has 6 nitrogen and oxygen atoms in total. The molecule has 0 saturated carbocycles. The summed E-state index contributed by atoms with van der Waals surface area (Å²) in [5.41, 5.74) is 5.60. The third-order valence-corrected chi connectivity index (χ3v) is 3.80. The van der Waals surface area contributed by atoms with E-state index in [-0.39, 0.29) is 17.8 Å². The molecule has 1 heterocycles. The summed E-state index contributed by atoms with van der Waals surface area (Å²) in [6.07, 6.45) is 2.36. The number of carbonyl (C=O) groups excluding carboxylic acids is 1. The van der Waals surface area contributed by atoms with Gasteiger partial charge in [-0.25, -0.2) is 0 Å². The van der Waals surface area contributed by atoms with Crippen LogP contribution in [0.4, 0.5) is 0 Å². The van der Waals surface area contributed by atoms with E-state index >= 15 is 0 Å². The normalized spacial score (nSPS) is 27.0. The largest absolute Gasteiger partial charge is 0.409 e. The molecule has 1 amide bonds. The van der Waals surface area contributed by atoms with Crippen molar-refractivity contribution in [2.24, 2.45) is 22.7 Å². The van der Waals surface area contributed by atoms with Crippen molar-refractivity contribution in [1.82, 2.24) is 10.2 Å². The van der Waals surface area contributed by atoms with Crippen LogP contribution >= 0.6 is 0 Å². The summed E-state index contributed by atoms with van der Waals surface area (Å²) in [6.45, 7) is 6.08. The van der Waals surface area contributed by atoms with Gasteiger partial charge in [0.05, 0.1) is 5.92 Å². The fourth-order valence-corrected chi connectivity index (χ4v) is 2.62. The first kappa shape index (κ1) is 15.8. The predicted octanol–water partition coefficient (Wildman–Crippen LogP) is 0.606. The molecule has 0 aromatic carbocycles. The summed E-state index contributed by atoms with van der Waals surface area (Å²) in [5, 5.41) is 14.8. The summed E-state index contributed by atoms with van der Waals surface area (Å²) in [4.78, 5) is 14.5. The number of amidine groups is 1. The number of carbonyl (C=O) groups is 1. The van der Waals surface area contributed by atoms with Crippen molar-refractivity contribution >= 4 is 11.7 Å². The van der Waals surface area contributed by atoms with Crippen LogP contribution in [0, 0.1) is 11.8 Å². The minimum atomic E-state index is -0.526. The summed E-state index contributed by atoms with van der Waals surface area (Å²) < 4.78 is 0. The van der Waals surface area contributed by atoms with Crippen LogP contribution in [0.3, 0.4) is 0 Å². The van der Waals surface area contributed by atoms with Gasteiger partial charge in [0.15, 0.2) is 5.84 Å². The van der Waals surface area contributed by atoms with Crippen LogP contribution in [-0.4, -0.2) is 48.0 Å². The van der Waals surface area contributed by atoms with Crippen molar-refractivity contribution in [2.45, 2.75) is 39.2 Å². The Morgan fingerprint density at radius 1 is 1.63 bits per heavy atom. The number of hydrogen-bond acceptors (Lipinski definition) is 4. The number of piperidine rings is 1. The maximum Gasteiger partial charge on any atom is 0.231 e. The Morgan fingerprint density at radius 3 is 2.84 bits per heavy atom. The van der Waals surface area contributed by atoms with Gasteiger partial charge in [-0.15, -0.1) is 0 Å². The monoisotopic (exact) mass is 270 g/mol. The molecule has 1 fully saturated rings. The lowest BCUT2D eigenvalue weighted by Crippen LogP contribution is -2.51. The fraction of sp³-hybridized carbons (Fsp3) is 0.846. The Labute approximate surface area is 115 Å². The molecular formula is C13H26N4O2. The van der Waals surface area contributed by atoms with Gasteiger partial charge in [-0.05, 0) is 32.4 Å². The number of likely N-dealkylation sites (tertiary alicyclic amines) is 1. The van der Waals surface area contributed by atoms with Gasteiger partial charge in [0.2, 0.25) is 5.91 Å².